The van der Waals surface area contributed by atoms with Crippen molar-refractivity contribution in [3.05, 3.63) is 29.3 Å². The first-order chi connectivity index (χ1) is 10.0. The van der Waals surface area contributed by atoms with E-state index < -0.39 is 0 Å². The molecule has 0 spiro atoms. The molecule has 2 saturated carbocycles. The van der Waals surface area contributed by atoms with Crippen molar-refractivity contribution in [3.8, 4) is 5.75 Å². The van der Waals surface area contributed by atoms with E-state index in [2.05, 4.69) is 19.9 Å². The first-order valence-corrected chi connectivity index (χ1v) is 8.50. The van der Waals surface area contributed by atoms with E-state index in [9.17, 15) is 10.2 Å². The Labute approximate surface area is 127 Å². The number of hydrogen-bond acceptors (Lipinski definition) is 2. The molecule has 2 unspecified atom stereocenters. The van der Waals surface area contributed by atoms with Crippen molar-refractivity contribution in [2.45, 2.75) is 58.0 Å². The Morgan fingerprint density at radius 2 is 2.00 bits per heavy atom. The summed E-state index contributed by atoms with van der Waals surface area (Å²) in [5.41, 5.74) is 2.97. The van der Waals surface area contributed by atoms with Crippen LogP contribution >= 0.6 is 0 Å². The molecule has 21 heavy (non-hydrogen) atoms. The second kappa shape index (κ2) is 4.49. The van der Waals surface area contributed by atoms with Gasteiger partial charge in [0.25, 0.3) is 0 Å². The van der Waals surface area contributed by atoms with Gasteiger partial charge in [0.05, 0.1) is 6.10 Å². The minimum Gasteiger partial charge on any atom is -0.508 e. The van der Waals surface area contributed by atoms with Crippen molar-refractivity contribution >= 4 is 0 Å². The highest BCUT2D eigenvalue weighted by atomic mass is 16.3. The molecule has 114 valence electrons. The molecule has 1 aromatic rings. The van der Waals surface area contributed by atoms with Crippen molar-refractivity contribution in [1.29, 1.82) is 0 Å². The molecule has 0 bridgehead atoms. The van der Waals surface area contributed by atoms with Gasteiger partial charge in [-0.2, -0.15) is 0 Å². The number of phenols is 1. The van der Waals surface area contributed by atoms with Crippen LogP contribution in [0.5, 0.6) is 5.75 Å². The summed E-state index contributed by atoms with van der Waals surface area (Å²) in [7, 11) is 0. The van der Waals surface area contributed by atoms with Crippen LogP contribution in [0.4, 0.5) is 0 Å². The van der Waals surface area contributed by atoms with Crippen LogP contribution in [0.15, 0.2) is 18.2 Å². The van der Waals surface area contributed by atoms with E-state index in [4.69, 9.17) is 0 Å². The number of rotatable bonds is 0. The van der Waals surface area contributed by atoms with Gasteiger partial charge in [0.15, 0.2) is 0 Å². The average molecular weight is 286 g/mol. The molecule has 3 aliphatic rings. The summed E-state index contributed by atoms with van der Waals surface area (Å²) in [5, 5.41) is 20.2. The van der Waals surface area contributed by atoms with Crippen LogP contribution in [0.3, 0.4) is 0 Å². The number of hydrogen-bond donors (Lipinski definition) is 2. The third-order valence-electron chi connectivity index (χ3n) is 7.01. The van der Waals surface area contributed by atoms with Crippen LogP contribution in [0.2, 0.25) is 0 Å². The fraction of sp³-hybridized carbons (Fsp3) is 0.684. The quantitative estimate of drug-likeness (QED) is 0.760. The number of fused-ring (bicyclic) bond motifs is 5. The van der Waals surface area contributed by atoms with Crippen molar-refractivity contribution in [2.75, 3.05) is 0 Å². The number of aliphatic hydroxyl groups is 1. The number of aromatic hydroxyl groups is 1. The summed E-state index contributed by atoms with van der Waals surface area (Å²) in [4.78, 5) is 0. The minimum absolute atomic E-state index is 0.100. The van der Waals surface area contributed by atoms with Gasteiger partial charge in [0.1, 0.15) is 5.75 Å². The summed E-state index contributed by atoms with van der Waals surface area (Å²) in [6.45, 7) is 4.70. The molecule has 2 fully saturated rings. The van der Waals surface area contributed by atoms with Crippen LogP contribution in [0, 0.1) is 23.2 Å². The van der Waals surface area contributed by atoms with Crippen LogP contribution in [-0.2, 0) is 6.42 Å². The van der Waals surface area contributed by atoms with E-state index >= 15 is 0 Å². The van der Waals surface area contributed by atoms with E-state index in [0.717, 1.165) is 19.3 Å². The lowest BCUT2D eigenvalue weighted by atomic mass is 9.53. The summed E-state index contributed by atoms with van der Waals surface area (Å²) in [6.07, 6.45) is 5.49. The van der Waals surface area contributed by atoms with Gasteiger partial charge in [0.2, 0.25) is 0 Å². The first kappa shape index (κ1) is 13.6. The van der Waals surface area contributed by atoms with Crippen molar-refractivity contribution in [3.63, 3.8) is 0 Å². The van der Waals surface area contributed by atoms with Gasteiger partial charge in [0, 0.05) is 0 Å². The Morgan fingerprint density at radius 1 is 1.19 bits per heavy atom. The van der Waals surface area contributed by atoms with Gasteiger partial charge < -0.3 is 10.2 Å². The molecule has 0 radical (unpaired) electrons. The molecule has 2 N–H and O–H groups in total. The predicted octanol–water partition coefficient (Wildman–Crippen LogP) is 3.86. The second-order valence-electron chi connectivity index (χ2n) is 7.99. The Balaban J connectivity index is 1.76. The predicted molar refractivity (Wildman–Crippen MR) is 83.3 cm³/mol. The fourth-order valence-electron chi connectivity index (χ4n) is 5.94. The molecule has 2 heteroatoms. The molecule has 0 aromatic heterocycles. The standard InChI is InChI=1S/C19H26O2/c1-11-9-12-10-13(20)3-4-14(12)15-7-8-19(2)16(18(11)15)5-6-17(19)21/h3-4,10-11,15-18,20-21H,5-9H2,1-2H3/t11?,15?,16-,17-,18+,19-/m0/s1. The zero-order valence-corrected chi connectivity index (χ0v) is 13.0. The second-order valence-corrected chi connectivity index (χ2v) is 7.99. The molecule has 1 aromatic carbocycles. The highest BCUT2D eigenvalue weighted by Gasteiger charge is 2.55. The van der Waals surface area contributed by atoms with E-state index in [1.807, 2.05) is 12.1 Å². The van der Waals surface area contributed by atoms with Gasteiger partial charge >= 0.3 is 0 Å². The molecule has 3 aliphatic carbocycles. The summed E-state index contributed by atoms with van der Waals surface area (Å²) >= 11 is 0. The average Bonchev–Trinajstić information content (AvgIpc) is 2.74. The van der Waals surface area contributed by atoms with Gasteiger partial charge in [-0.25, -0.2) is 0 Å². The molecule has 0 amide bonds. The highest BCUT2D eigenvalue weighted by Crippen LogP contribution is 2.62. The normalized spacial score (nSPS) is 44.8. The van der Waals surface area contributed by atoms with E-state index in [-0.39, 0.29) is 11.5 Å². The summed E-state index contributed by atoms with van der Waals surface area (Å²) < 4.78 is 0. The summed E-state index contributed by atoms with van der Waals surface area (Å²) in [5.74, 6) is 3.06. The first-order valence-electron chi connectivity index (χ1n) is 8.50. The topological polar surface area (TPSA) is 40.5 Å². The smallest absolute Gasteiger partial charge is 0.115 e. The Morgan fingerprint density at radius 3 is 2.81 bits per heavy atom. The molecule has 2 nitrogen and oxygen atoms in total. The maximum Gasteiger partial charge on any atom is 0.115 e. The Bertz CT molecular complexity index is 567. The monoisotopic (exact) mass is 286 g/mol. The third-order valence-corrected chi connectivity index (χ3v) is 7.01. The Kier molecular flexibility index (Phi) is 2.91. The molecule has 6 atom stereocenters. The van der Waals surface area contributed by atoms with Crippen molar-refractivity contribution < 1.29 is 10.2 Å². The SMILES string of the molecule is CC1Cc2cc(O)ccc2C2CC[C@]3(C)[C@@H](O)CC[C@H]3[C@H]12. The van der Waals surface area contributed by atoms with Crippen molar-refractivity contribution in [1.82, 2.24) is 0 Å². The number of benzene rings is 1. The maximum atomic E-state index is 10.5. The zero-order valence-electron chi connectivity index (χ0n) is 13.0. The molecule has 4 rings (SSSR count). The molecule has 0 saturated heterocycles. The minimum atomic E-state index is -0.100. The van der Waals surface area contributed by atoms with Gasteiger partial charge in [-0.1, -0.05) is 19.9 Å². The lowest BCUT2D eigenvalue weighted by molar-refractivity contribution is -0.0356. The molecule has 0 heterocycles. The number of aliphatic hydroxyl groups excluding tert-OH is 1. The van der Waals surface area contributed by atoms with Gasteiger partial charge in [-0.15, -0.1) is 0 Å². The molecule has 0 aliphatic heterocycles. The Hall–Kier alpha value is -1.02. The van der Waals surface area contributed by atoms with Crippen LogP contribution in [0.25, 0.3) is 0 Å². The molecular formula is C19H26O2. The largest absolute Gasteiger partial charge is 0.508 e. The van der Waals surface area contributed by atoms with E-state index in [0.29, 0.717) is 29.4 Å². The fourth-order valence-corrected chi connectivity index (χ4v) is 5.94. The van der Waals surface area contributed by atoms with Crippen LogP contribution < -0.4 is 0 Å². The lowest BCUT2D eigenvalue weighted by Crippen LogP contribution is -2.46. The zero-order chi connectivity index (χ0) is 14.8. The van der Waals surface area contributed by atoms with Gasteiger partial charge in [-0.05, 0) is 84.5 Å². The molecular weight excluding hydrogens is 260 g/mol. The van der Waals surface area contributed by atoms with E-state index in [1.165, 1.54) is 24.0 Å². The highest BCUT2D eigenvalue weighted by molar-refractivity contribution is 5.40. The summed E-state index contributed by atoms with van der Waals surface area (Å²) in [6, 6.07) is 5.98. The third kappa shape index (κ3) is 1.81. The van der Waals surface area contributed by atoms with Gasteiger partial charge in [-0.3, -0.25) is 0 Å². The van der Waals surface area contributed by atoms with Crippen LogP contribution in [0.1, 0.15) is 56.6 Å². The lowest BCUT2D eigenvalue weighted by Gasteiger charge is -2.52. The number of phenolic OH excluding ortho intramolecular Hbond substituents is 1. The van der Waals surface area contributed by atoms with E-state index in [1.54, 1.807) is 0 Å². The van der Waals surface area contributed by atoms with Crippen LogP contribution in [-0.4, -0.2) is 16.3 Å². The van der Waals surface area contributed by atoms with Crippen molar-refractivity contribution in [2.24, 2.45) is 23.2 Å². The maximum absolute atomic E-state index is 10.5.